The fourth-order valence-corrected chi connectivity index (χ4v) is 2.42. The van der Waals surface area contributed by atoms with Crippen LogP contribution in [0.5, 0.6) is 5.75 Å². The number of carbonyl (C=O) groups is 1. The molecule has 1 heterocycles. The third-order valence-electron chi connectivity index (χ3n) is 3.85. The first-order valence-corrected chi connectivity index (χ1v) is 8.69. The van der Waals surface area contributed by atoms with Gasteiger partial charge in [0.2, 0.25) is 0 Å². The number of nitrogens with zero attached hydrogens (tertiary/aromatic N) is 1. The highest BCUT2D eigenvalue weighted by Crippen LogP contribution is 2.14. The Bertz CT molecular complexity index is 545. The SMILES string of the molecule is CCC(C)NC(=O)Oc1ccc(COC(=S)N2CCNCC2)cc1. The molecule has 0 spiro atoms. The molecule has 1 amide bonds. The number of carbonyl (C=O) groups excluding carboxylic acids is 1. The van der Waals surface area contributed by atoms with E-state index >= 15 is 0 Å². The molecule has 0 bridgehead atoms. The molecular formula is C17H25N3O3S. The fraction of sp³-hybridized carbons (Fsp3) is 0.529. The van der Waals surface area contributed by atoms with Gasteiger partial charge in [-0.1, -0.05) is 19.1 Å². The van der Waals surface area contributed by atoms with Crippen molar-refractivity contribution >= 4 is 23.5 Å². The lowest BCUT2D eigenvalue weighted by atomic mass is 10.2. The summed E-state index contributed by atoms with van der Waals surface area (Å²) < 4.78 is 10.9. The van der Waals surface area contributed by atoms with Crippen molar-refractivity contribution in [3.05, 3.63) is 29.8 Å². The molecule has 1 saturated heterocycles. The largest absolute Gasteiger partial charge is 0.466 e. The van der Waals surface area contributed by atoms with Crippen molar-refractivity contribution in [3.63, 3.8) is 0 Å². The second kappa shape index (κ2) is 9.44. The van der Waals surface area contributed by atoms with Crippen LogP contribution in [-0.2, 0) is 11.3 Å². The van der Waals surface area contributed by atoms with Crippen molar-refractivity contribution in [2.75, 3.05) is 26.2 Å². The van der Waals surface area contributed by atoms with Gasteiger partial charge in [0.15, 0.2) is 0 Å². The van der Waals surface area contributed by atoms with Gasteiger partial charge in [-0.15, -0.1) is 0 Å². The number of rotatable bonds is 5. The number of amides is 1. The topological polar surface area (TPSA) is 62.8 Å². The summed E-state index contributed by atoms with van der Waals surface area (Å²) in [4.78, 5) is 13.7. The maximum absolute atomic E-state index is 11.7. The van der Waals surface area contributed by atoms with Gasteiger partial charge in [-0.3, -0.25) is 0 Å². The van der Waals surface area contributed by atoms with E-state index in [1.165, 1.54) is 0 Å². The fourth-order valence-electron chi connectivity index (χ4n) is 2.18. The molecule has 132 valence electrons. The van der Waals surface area contributed by atoms with Crippen LogP contribution in [-0.4, -0.2) is 48.4 Å². The van der Waals surface area contributed by atoms with Crippen LogP contribution >= 0.6 is 12.2 Å². The maximum Gasteiger partial charge on any atom is 0.412 e. The van der Waals surface area contributed by atoms with Crippen LogP contribution in [0, 0.1) is 0 Å². The van der Waals surface area contributed by atoms with E-state index in [-0.39, 0.29) is 6.04 Å². The normalized spacial score (nSPS) is 15.5. The summed E-state index contributed by atoms with van der Waals surface area (Å²) in [6.07, 6.45) is 0.423. The van der Waals surface area contributed by atoms with Gasteiger partial charge >= 0.3 is 6.09 Å². The van der Waals surface area contributed by atoms with E-state index in [2.05, 4.69) is 15.5 Å². The quantitative estimate of drug-likeness (QED) is 0.794. The van der Waals surface area contributed by atoms with Crippen molar-refractivity contribution in [1.29, 1.82) is 0 Å². The van der Waals surface area contributed by atoms with E-state index in [1.807, 2.05) is 26.0 Å². The molecule has 1 aliphatic rings. The lowest BCUT2D eigenvalue weighted by Crippen LogP contribution is -2.46. The molecule has 1 atom stereocenters. The summed E-state index contributed by atoms with van der Waals surface area (Å²) in [7, 11) is 0. The summed E-state index contributed by atoms with van der Waals surface area (Å²) >= 11 is 5.31. The number of hydrogen-bond donors (Lipinski definition) is 2. The second-order valence-electron chi connectivity index (χ2n) is 5.78. The first kappa shape index (κ1) is 18.5. The Morgan fingerprint density at radius 2 is 2.00 bits per heavy atom. The van der Waals surface area contributed by atoms with E-state index in [1.54, 1.807) is 12.1 Å². The van der Waals surface area contributed by atoms with Crippen LogP contribution < -0.4 is 15.4 Å². The third kappa shape index (κ3) is 5.98. The number of benzene rings is 1. The first-order valence-electron chi connectivity index (χ1n) is 8.28. The molecule has 2 N–H and O–H groups in total. The Labute approximate surface area is 148 Å². The zero-order valence-corrected chi connectivity index (χ0v) is 15.0. The zero-order valence-electron chi connectivity index (χ0n) is 14.2. The second-order valence-corrected chi connectivity index (χ2v) is 6.13. The summed E-state index contributed by atoms with van der Waals surface area (Å²) in [5, 5.41) is 6.56. The molecule has 24 heavy (non-hydrogen) atoms. The third-order valence-corrected chi connectivity index (χ3v) is 4.22. The molecule has 7 heteroatoms. The summed E-state index contributed by atoms with van der Waals surface area (Å²) in [6.45, 7) is 7.94. The van der Waals surface area contributed by atoms with Gasteiger partial charge in [0.05, 0.1) is 0 Å². The van der Waals surface area contributed by atoms with Gasteiger partial charge < -0.3 is 25.0 Å². The van der Waals surface area contributed by atoms with Crippen LogP contribution in [0.4, 0.5) is 4.79 Å². The van der Waals surface area contributed by atoms with Gasteiger partial charge in [-0.25, -0.2) is 4.79 Å². The zero-order chi connectivity index (χ0) is 17.4. The van der Waals surface area contributed by atoms with Crippen molar-refractivity contribution in [2.24, 2.45) is 0 Å². The molecule has 1 fully saturated rings. The predicted molar refractivity (Wildman–Crippen MR) is 97.2 cm³/mol. The number of nitrogens with one attached hydrogen (secondary N) is 2. The molecule has 1 unspecified atom stereocenters. The Hall–Kier alpha value is -1.86. The minimum absolute atomic E-state index is 0.0937. The van der Waals surface area contributed by atoms with Crippen LogP contribution in [0.15, 0.2) is 24.3 Å². The average Bonchev–Trinajstić information content (AvgIpc) is 2.61. The van der Waals surface area contributed by atoms with E-state index in [0.29, 0.717) is 17.5 Å². The Morgan fingerprint density at radius 3 is 2.62 bits per heavy atom. The lowest BCUT2D eigenvalue weighted by molar-refractivity contribution is 0.196. The Balaban J connectivity index is 1.77. The van der Waals surface area contributed by atoms with Crippen LogP contribution in [0.25, 0.3) is 0 Å². The highest BCUT2D eigenvalue weighted by atomic mass is 32.1. The molecule has 1 aromatic carbocycles. The van der Waals surface area contributed by atoms with Gasteiger partial charge in [0.1, 0.15) is 12.4 Å². The van der Waals surface area contributed by atoms with Crippen LogP contribution in [0.1, 0.15) is 25.8 Å². The van der Waals surface area contributed by atoms with E-state index in [9.17, 15) is 4.79 Å². The molecule has 0 saturated carbocycles. The Morgan fingerprint density at radius 1 is 1.33 bits per heavy atom. The lowest BCUT2D eigenvalue weighted by Gasteiger charge is -2.28. The number of thiocarbonyl (C=S) groups is 1. The van der Waals surface area contributed by atoms with Crippen molar-refractivity contribution < 1.29 is 14.3 Å². The standard InChI is InChI=1S/C17H25N3O3S/c1-3-13(2)19-16(21)23-15-6-4-14(5-7-15)12-22-17(24)20-10-8-18-9-11-20/h4-7,13,18H,3,8-12H2,1-2H3,(H,19,21). The van der Waals surface area contributed by atoms with E-state index < -0.39 is 6.09 Å². The minimum atomic E-state index is -0.437. The van der Waals surface area contributed by atoms with Crippen LogP contribution in [0.2, 0.25) is 0 Å². The smallest absolute Gasteiger partial charge is 0.412 e. The van der Waals surface area contributed by atoms with Gasteiger partial charge in [0, 0.05) is 32.2 Å². The molecule has 1 aromatic rings. The number of hydrogen-bond acceptors (Lipinski definition) is 5. The van der Waals surface area contributed by atoms with Gasteiger partial charge in [-0.2, -0.15) is 0 Å². The van der Waals surface area contributed by atoms with Crippen molar-refractivity contribution in [3.8, 4) is 5.75 Å². The highest BCUT2D eigenvalue weighted by Gasteiger charge is 2.14. The monoisotopic (exact) mass is 351 g/mol. The number of piperazine rings is 1. The molecular weight excluding hydrogens is 326 g/mol. The summed E-state index contributed by atoms with van der Waals surface area (Å²) in [5.74, 6) is 0.504. The average molecular weight is 351 g/mol. The molecule has 6 nitrogen and oxygen atoms in total. The van der Waals surface area contributed by atoms with Crippen molar-refractivity contribution in [2.45, 2.75) is 32.9 Å². The van der Waals surface area contributed by atoms with Gasteiger partial charge in [0.25, 0.3) is 5.17 Å². The van der Waals surface area contributed by atoms with E-state index in [0.717, 1.165) is 38.2 Å². The molecule has 0 radical (unpaired) electrons. The molecule has 0 aliphatic carbocycles. The molecule has 2 rings (SSSR count). The molecule has 1 aliphatic heterocycles. The maximum atomic E-state index is 11.7. The minimum Gasteiger partial charge on any atom is -0.466 e. The summed E-state index contributed by atoms with van der Waals surface area (Å²) in [5.41, 5.74) is 0.974. The molecule has 0 aromatic heterocycles. The summed E-state index contributed by atoms with van der Waals surface area (Å²) in [6, 6.07) is 7.33. The van der Waals surface area contributed by atoms with E-state index in [4.69, 9.17) is 21.7 Å². The predicted octanol–water partition coefficient (Wildman–Crippen LogP) is 2.28. The number of ether oxygens (including phenoxy) is 2. The van der Waals surface area contributed by atoms with Crippen LogP contribution in [0.3, 0.4) is 0 Å². The van der Waals surface area contributed by atoms with Gasteiger partial charge in [-0.05, 0) is 43.3 Å². The Kier molecular flexibility index (Phi) is 7.27. The first-order chi connectivity index (χ1) is 11.6. The van der Waals surface area contributed by atoms with Crippen molar-refractivity contribution in [1.82, 2.24) is 15.5 Å². The highest BCUT2D eigenvalue weighted by molar-refractivity contribution is 7.80.